The highest BCUT2D eigenvalue weighted by molar-refractivity contribution is 6.09. The van der Waals surface area contributed by atoms with Gasteiger partial charge < -0.3 is 4.57 Å². The molecule has 4 nitrogen and oxygen atoms in total. The molecule has 0 aliphatic rings. The first-order chi connectivity index (χ1) is 30.2. The molecule has 55 heavy (non-hydrogen) atoms. The van der Waals surface area contributed by atoms with Crippen LogP contribution >= 0.6 is 0 Å². The summed E-state index contributed by atoms with van der Waals surface area (Å²) in [5.41, 5.74) is 8.47. The molecule has 0 aliphatic carbocycles. The number of benzene rings is 8. The second-order valence-corrected chi connectivity index (χ2v) is 13.1. The van der Waals surface area contributed by atoms with Crippen molar-refractivity contribution in [2.24, 2.45) is 0 Å². The third-order valence-electron chi connectivity index (χ3n) is 9.76. The lowest BCUT2D eigenvalue weighted by Crippen LogP contribution is -2.04. The number of para-hydroxylation sites is 2. The van der Waals surface area contributed by atoms with Crippen LogP contribution in [0.25, 0.3) is 95.0 Å². The molecule has 0 atom stereocenters. The van der Waals surface area contributed by atoms with Crippen LogP contribution in [0.3, 0.4) is 0 Å². The van der Waals surface area contributed by atoms with Crippen molar-refractivity contribution in [2.45, 2.75) is 0 Å². The van der Waals surface area contributed by atoms with E-state index in [1.807, 2.05) is 133 Å². The zero-order valence-electron chi connectivity index (χ0n) is 36.4. The van der Waals surface area contributed by atoms with Gasteiger partial charge in [-0.2, -0.15) is 0 Å². The molecule has 10 rings (SSSR count). The minimum Gasteiger partial charge on any atom is -0.309 e. The van der Waals surface area contributed by atoms with Crippen molar-refractivity contribution in [3.05, 3.63) is 206 Å². The Balaban J connectivity index is 1.31. The van der Waals surface area contributed by atoms with E-state index in [0.717, 1.165) is 44.5 Å². The summed E-state index contributed by atoms with van der Waals surface area (Å²) in [6.07, 6.45) is 0. The molecule has 0 radical (unpaired) electrons. The summed E-state index contributed by atoms with van der Waals surface area (Å²) in [5.74, 6) is 1.10. The van der Waals surface area contributed by atoms with Crippen LogP contribution in [0.2, 0.25) is 0 Å². The Morgan fingerprint density at radius 1 is 0.345 bits per heavy atom. The maximum absolute atomic E-state index is 9.26. The Morgan fingerprint density at radius 3 is 1.49 bits per heavy atom. The van der Waals surface area contributed by atoms with E-state index in [-0.39, 0.29) is 57.8 Å². The number of aromatic nitrogens is 4. The Labute approximate surface area is 329 Å². The maximum atomic E-state index is 9.26. The predicted octanol–water partition coefficient (Wildman–Crippen LogP) is 13.0. The van der Waals surface area contributed by atoms with Crippen molar-refractivity contribution < 1.29 is 9.60 Å². The smallest absolute Gasteiger partial charge is 0.166 e. The minimum atomic E-state index is -0.468. The molecule has 10 aromatic rings. The Kier molecular flexibility index (Phi) is 6.43. The maximum Gasteiger partial charge on any atom is 0.166 e. The predicted molar refractivity (Wildman–Crippen MR) is 227 cm³/mol. The van der Waals surface area contributed by atoms with Crippen molar-refractivity contribution in [1.29, 1.82) is 0 Å². The average Bonchev–Trinajstić information content (AvgIpc) is 3.69. The van der Waals surface area contributed by atoms with Gasteiger partial charge in [-0.1, -0.05) is 170 Å². The molecule has 2 heterocycles. The van der Waals surface area contributed by atoms with Crippen molar-refractivity contribution in [1.82, 2.24) is 19.5 Å². The standard InChI is InChI=1S/C51H34N4/c1-4-16-35(17-5-1)38-22-14-24-40(32-38)41-30-31-48(55-46-28-12-10-26-43(46)44-27-11-13-29-47(44)55)45(34-41)51-53-49(37-20-8-3-9-21-37)52-50(54-51)42-25-15-23-39(33-42)36-18-6-2-7-19-36/h1-34H/i10D,11D,12D,26D,27D,28D,29D. The zero-order chi connectivity index (χ0) is 42.6. The summed E-state index contributed by atoms with van der Waals surface area (Å²) in [6.45, 7) is 0. The van der Waals surface area contributed by atoms with Gasteiger partial charge in [-0.25, -0.2) is 15.0 Å². The Bertz CT molecular complexity index is 3370. The second kappa shape index (κ2) is 13.8. The Hall–Kier alpha value is -7.43. The number of hydrogen-bond acceptors (Lipinski definition) is 3. The molecule has 2 aromatic heterocycles. The number of nitrogens with zero attached hydrogens (tertiary/aromatic N) is 4. The van der Waals surface area contributed by atoms with E-state index >= 15 is 0 Å². The fraction of sp³-hybridized carbons (Fsp3) is 0. The fourth-order valence-corrected chi connectivity index (χ4v) is 7.12. The molecule has 0 spiro atoms. The summed E-state index contributed by atoms with van der Waals surface area (Å²) in [6, 6.07) is 50.8. The van der Waals surface area contributed by atoms with Gasteiger partial charge in [0.25, 0.3) is 0 Å². The summed E-state index contributed by atoms with van der Waals surface area (Å²) in [7, 11) is 0. The van der Waals surface area contributed by atoms with Crippen molar-refractivity contribution >= 4 is 21.8 Å². The van der Waals surface area contributed by atoms with Gasteiger partial charge in [0.1, 0.15) is 0 Å². The fourth-order valence-electron chi connectivity index (χ4n) is 7.12. The van der Waals surface area contributed by atoms with Crippen LogP contribution in [-0.4, -0.2) is 19.5 Å². The second-order valence-electron chi connectivity index (χ2n) is 13.1. The highest BCUT2D eigenvalue weighted by Crippen LogP contribution is 2.39. The van der Waals surface area contributed by atoms with Gasteiger partial charge in [-0.15, -0.1) is 0 Å². The quantitative estimate of drug-likeness (QED) is 0.165. The lowest BCUT2D eigenvalue weighted by atomic mass is 9.97. The topological polar surface area (TPSA) is 43.6 Å². The van der Waals surface area contributed by atoms with Gasteiger partial charge in [0.15, 0.2) is 17.5 Å². The van der Waals surface area contributed by atoms with E-state index in [2.05, 4.69) is 24.3 Å². The third-order valence-corrected chi connectivity index (χ3v) is 9.76. The highest BCUT2D eigenvalue weighted by atomic mass is 15.1. The molecule has 0 N–H and O–H groups in total. The van der Waals surface area contributed by atoms with Crippen LogP contribution in [0, 0.1) is 0 Å². The van der Waals surface area contributed by atoms with Crippen molar-refractivity contribution in [3.63, 3.8) is 0 Å². The number of fused-ring (bicyclic) bond motifs is 3. The summed E-state index contributed by atoms with van der Waals surface area (Å²) in [5, 5.41) is 0.150. The van der Waals surface area contributed by atoms with E-state index in [1.54, 1.807) is 4.57 Å². The first kappa shape index (κ1) is 25.5. The normalized spacial score (nSPS) is 13.1. The summed E-state index contributed by atoms with van der Waals surface area (Å²) >= 11 is 0. The average molecular weight is 710 g/mol. The summed E-state index contributed by atoms with van der Waals surface area (Å²) < 4.78 is 64.2. The first-order valence-electron chi connectivity index (χ1n) is 21.5. The van der Waals surface area contributed by atoms with Crippen molar-refractivity contribution in [3.8, 4) is 73.2 Å². The first-order valence-corrected chi connectivity index (χ1v) is 18.0. The van der Waals surface area contributed by atoms with E-state index in [9.17, 15) is 2.74 Å². The molecule has 0 saturated carbocycles. The Morgan fingerprint density at radius 2 is 0.818 bits per heavy atom. The third kappa shape index (κ3) is 6.06. The molecule has 258 valence electrons. The minimum absolute atomic E-state index is 0.0585. The number of rotatable bonds is 7. The lowest BCUT2D eigenvalue weighted by Gasteiger charge is -2.17. The molecular formula is C51H34N4. The SMILES string of the molecule is [2H]c1cc([2H])c2c(c1[2H])c1c([2H])c([2H])c([2H])c([2H])c1n2-c1ccc(-c2cccc(-c3ccccc3)c2)cc1-c1nc(-c2ccccc2)nc(-c2cccc(-c3ccccc3)c2)n1. The highest BCUT2D eigenvalue weighted by Gasteiger charge is 2.20. The van der Waals surface area contributed by atoms with Crippen LogP contribution in [0.1, 0.15) is 9.60 Å². The van der Waals surface area contributed by atoms with Crippen molar-refractivity contribution in [2.75, 3.05) is 0 Å². The molecule has 0 amide bonds. The molecule has 4 heteroatoms. The van der Waals surface area contributed by atoms with E-state index in [4.69, 9.17) is 21.8 Å². The van der Waals surface area contributed by atoms with E-state index in [0.29, 0.717) is 22.9 Å². The molecular weight excluding hydrogens is 669 g/mol. The van der Waals surface area contributed by atoms with E-state index in [1.165, 1.54) is 6.07 Å². The monoisotopic (exact) mass is 709 g/mol. The van der Waals surface area contributed by atoms with Gasteiger partial charge in [0, 0.05) is 27.5 Å². The molecule has 0 aliphatic heterocycles. The molecule has 0 unspecified atom stereocenters. The zero-order valence-corrected chi connectivity index (χ0v) is 29.4. The van der Waals surface area contributed by atoms with Gasteiger partial charge in [0.05, 0.1) is 26.3 Å². The van der Waals surface area contributed by atoms with Crippen LogP contribution < -0.4 is 0 Å². The van der Waals surface area contributed by atoms with Crippen LogP contribution in [0.5, 0.6) is 0 Å². The van der Waals surface area contributed by atoms with Crippen LogP contribution in [-0.2, 0) is 0 Å². The van der Waals surface area contributed by atoms with Gasteiger partial charge in [-0.3, -0.25) is 0 Å². The van der Waals surface area contributed by atoms with E-state index < -0.39 is 12.1 Å². The largest absolute Gasteiger partial charge is 0.309 e. The van der Waals surface area contributed by atoms with Gasteiger partial charge in [-0.05, 0) is 69.7 Å². The van der Waals surface area contributed by atoms with Gasteiger partial charge in [0.2, 0.25) is 0 Å². The van der Waals surface area contributed by atoms with Crippen LogP contribution in [0.4, 0.5) is 0 Å². The molecule has 0 fully saturated rings. The molecule has 0 saturated heterocycles. The van der Waals surface area contributed by atoms with Gasteiger partial charge >= 0.3 is 0 Å². The molecule has 0 bridgehead atoms. The number of hydrogen-bond donors (Lipinski definition) is 0. The lowest BCUT2D eigenvalue weighted by molar-refractivity contribution is 1.06. The van der Waals surface area contributed by atoms with Crippen LogP contribution in [0.15, 0.2) is 206 Å². The summed E-state index contributed by atoms with van der Waals surface area (Å²) in [4.78, 5) is 15.4. The molecule has 8 aromatic carbocycles.